The predicted molar refractivity (Wildman–Crippen MR) is 111 cm³/mol. The van der Waals surface area contributed by atoms with Crippen molar-refractivity contribution in [3.8, 4) is 0 Å². The van der Waals surface area contributed by atoms with E-state index in [-0.39, 0.29) is 23.1 Å². The van der Waals surface area contributed by atoms with Gasteiger partial charge in [0.25, 0.3) is 0 Å². The molecule has 8 heteroatoms. The van der Waals surface area contributed by atoms with Crippen molar-refractivity contribution in [2.45, 2.75) is 55.4 Å². The van der Waals surface area contributed by atoms with Gasteiger partial charge in [0.05, 0.1) is 11.6 Å². The highest BCUT2D eigenvalue weighted by molar-refractivity contribution is 7.89. The molecule has 0 aromatic heterocycles. The van der Waals surface area contributed by atoms with Crippen LogP contribution in [0.2, 0.25) is 5.02 Å². The first-order chi connectivity index (χ1) is 13.8. The lowest BCUT2D eigenvalue weighted by Gasteiger charge is -2.57. The molecule has 5 aliphatic rings. The number of nitrogens with one attached hydrogen (secondary N) is 1. The second-order valence-electron chi connectivity index (χ2n) is 9.52. The van der Waals surface area contributed by atoms with Crippen molar-refractivity contribution >= 4 is 27.7 Å². The van der Waals surface area contributed by atoms with E-state index in [1.807, 2.05) is 0 Å². The summed E-state index contributed by atoms with van der Waals surface area (Å²) in [6.07, 6.45) is 7.88. The molecule has 1 aliphatic heterocycles. The minimum atomic E-state index is -3.65. The summed E-state index contributed by atoms with van der Waals surface area (Å²) in [5.74, 6) is 2.26. The number of rotatable bonds is 3. The number of hydrogen-bond donors (Lipinski definition) is 1. The summed E-state index contributed by atoms with van der Waals surface area (Å²) in [4.78, 5) is 15.0. The third kappa shape index (κ3) is 3.66. The second kappa shape index (κ2) is 7.13. The van der Waals surface area contributed by atoms with Crippen molar-refractivity contribution in [2.75, 3.05) is 19.8 Å². The Morgan fingerprint density at radius 1 is 1.00 bits per heavy atom. The molecule has 0 radical (unpaired) electrons. The largest absolute Gasteiger partial charge is 0.332 e. The minimum Gasteiger partial charge on any atom is -0.332 e. The summed E-state index contributed by atoms with van der Waals surface area (Å²) in [7, 11) is -3.65. The molecule has 4 bridgehead atoms. The Morgan fingerprint density at radius 2 is 1.59 bits per heavy atom. The molecule has 1 heterocycles. The van der Waals surface area contributed by atoms with Crippen molar-refractivity contribution < 1.29 is 13.2 Å². The second-order valence-corrected chi connectivity index (χ2v) is 11.9. The Labute approximate surface area is 177 Å². The van der Waals surface area contributed by atoms with Crippen molar-refractivity contribution in [1.29, 1.82) is 0 Å². The van der Waals surface area contributed by atoms with Crippen LogP contribution in [0.5, 0.6) is 0 Å². The zero-order valence-electron chi connectivity index (χ0n) is 16.5. The van der Waals surface area contributed by atoms with E-state index in [4.69, 9.17) is 11.6 Å². The van der Waals surface area contributed by atoms with E-state index in [1.165, 1.54) is 35.7 Å². The molecule has 2 amide bonds. The SMILES string of the molecule is O=C(NC12CC3CC(CC(C3)C1)C2)N1CCCN(S(=O)(=O)c2ccc(Cl)cc2)C1. The number of carbonyl (C=O) groups is 1. The van der Waals surface area contributed by atoms with Gasteiger partial charge >= 0.3 is 6.03 Å². The first-order valence-electron chi connectivity index (χ1n) is 10.7. The Morgan fingerprint density at radius 3 is 2.17 bits per heavy atom. The lowest BCUT2D eigenvalue weighted by atomic mass is 9.53. The number of urea groups is 1. The summed E-state index contributed by atoms with van der Waals surface area (Å²) in [5, 5.41) is 3.86. The molecule has 4 aliphatic carbocycles. The monoisotopic (exact) mass is 437 g/mol. The molecule has 0 spiro atoms. The van der Waals surface area contributed by atoms with Gasteiger partial charge in [-0.25, -0.2) is 13.2 Å². The summed E-state index contributed by atoms with van der Waals surface area (Å²) in [5.41, 5.74) is -0.0663. The van der Waals surface area contributed by atoms with Gasteiger partial charge in [0.2, 0.25) is 10.0 Å². The molecule has 1 aromatic rings. The maximum absolute atomic E-state index is 13.1. The number of amides is 2. The van der Waals surface area contributed by atoms with E-state index in [2.05, 4.69) is 5.32 Å². The molecular weight excluding hydrogens is 410 g/mol. The van der Waals surface area contributed by atoms with Gasteiger partial charge in [0.1, 0.15) is 0 Å². The van der Waals surface area contributed by atoms with E-state index in [1.54, 1.807) is 17.0 Å². The van der Waals surface area contributed by atoms with Gasteiger partial charge in [-0.1, -0.05) is 11.6 Å². The normalized spacial score (nSPS) is 34.4. The number of benzene rings is 1. The molecule has 1 N–H and O–H groups in total. The van der Waals surface area contributed by atoms with Crippen LogP contribution in [0.15, 0.2) is 29.2 Å². The zero-order valence-corrected chi connectivity index (χ0v) is 18.1. The van der Waals surface area contributed by atoms with Crippen molar-refractivity contribution in [3.05, 3.63) is 29.3 Å². The molecule has 6 rings (SSSR count). The molecule has 0 unspecified atom stereocenters. The maximum Gasteiger partial charge on any atom is 0.318 e. The van der Waals surface area contributed by atoms with Crippen molar-refractivity contribution in [1.82, 2.24) is 14.5 Å². The van der Waals surface area contributed by atoms with Crippen LogP contribution >= 0.6 is 11.6 Å². The summed E-state index contributed by atoms with van der Waals surface area (Å²) >= 11 is 5.89. The standard InChI is InChI=1S/C21H28ClN3O3S/c22-18-2-4-19(5-3-18)29(27,28)25-7-1-6-24(14-25)20(26)23-21-11-15-8-16(12-21)10-17(9-15)13-21/h2-5,15-17H,1,6-14H2,(H,23,26). The maximum atomic E-state index is 13.1. The van der Waals surface area contributed by atoms with Gasteiger partial charge in [-0.2, -0.15) is 4.31 Å². The van der Waals surface area contributed by atoms with Crippen LogP contribution < -0.4 is 5.32 Å². The fourth-order valence-electron chi connectivity index (χ4n) is 6.46. The van der Waals surface area contributed by atoms with E-state index in [0.29, 0.717) is 24.5 Å². The molecule has 158 valence electrons. The van der Waals surface area contributed by atoms with Crippen LogP contribution in [0.1, 0.15) is 44.9 Å². The highest BCUT2D eigenvalue weighted by Crippen LogP contribution is 2.55. The Hall–Kier alpha value is -1.31. The first kappa shape index (κ1) is 19.6. The van der Waals surface area contributed by atoms with Crippen LogP contribution in [0.4, 0.5) is 4.79 Å². The lowest BCUT2D eigenvalue weighted by Crippen LogP contribution is -2.63. The van der Waals surface area contributed by atoms with Crippen molar-refractivity contribution in [3.63, 3.8) is 0 Å². The number of carbonyl (C=O) groups excluding carboxylic acids is 1. The van der Waals surface area contributed by atoms with Crippen LogP contribution in [-0.4, -0.2) is 49.0 Å². The van der Waals surface area contributed by atoms with Gasteiger partial charge in [-0.3, -0.25) is 0 Å². The quantitative estimate of drug-likeness (QED) is 0.784. The van der Waals surface area contributed by atoms with Crippen LogP contribution in [0.25, 0.3) is 0 Å². The third-order valence-corrected chi connectivity index (χ3v) is 9.41. The average molecular weight is 438 g/mol. The molecule has 4 saturated carbocycles. The first-order valence-corrected chi connectivity index (χ1v) is 12.5. The minimum absolute atomic E-state index is 0.0663. The van der Waals surface area contributed by atoms with E-state index >= 15 is 0 Å². The number of nitrogens with zero attached hydrogens (tertiary/aromatic N) is 2. The number of hydrogen-bond acceptors (Lipinski definition) is 3. The third-order valence-electron chi connectivity index (χ3n) is 7.31. The van der Waals surface area contributed by atoms with Crippen LogP contribution in [0.3, 0.4) is 0 Å². The van der Waals surface area contributed by atoms with Gasteiger partial charge in [0, 0.05) is 23.7 Å². The van der Waals surface area contributed by atoms with E-state index < -0.39 is 10.0 Å². The van der Waals surface area contributed by atoms with Gasteiger partial charge in [-0.05, 0) is 87.0 Å². The topological polar surface area (TPSA) is 69.7 Å². The van der Waals surface area contributed by atoms with E-state index in [9.17, 15) is 13.2 Å². The summed E-state index contributed by atoms with van der Waals surface area (Å²) in [6.45, 7) is 1.11. The smallest absolute Gasteiger partial charge is 0.318 e. The molecule has 0 atom stereocenters. The van der Waals surface area contributed by atoms with E-state index in [0.717, 1.165) is 37.0 Å². The lowest BCUT2D eigenvalue weighted by molar-refractivity contribution is -0.0166. The predicted octanol–water partition coefficient (Wildman–Crippen LogP) is 3.67. The fraction of sp³-hybridized carbons (Fsp3) is 0.667. The summed E-state index contributed by atoms with van der Waals surface area (Å²) < 4.78 is 27.4. The zero-order chi connectivity index (χ0) is 20.2. The molecule has 6 nitrogen and oxygen atoms in total. The molecule has 1 aromatic carbocycles. The fourth-order valence-corrected chi connectivity index (χ4v) is 8.02. The van der Waals surface area contributed by atoms with Crippen LogP contribution in [0, 0.1) is 17.8 Å². The summed E-state index contributed by atoms with van der Waals surface area (Å²) in [6, 6.07) is 6.09. The number of sulfonamides is 1. The van der Waals surface area contributed by atoms with Crippen LogP contribution in [-0.2, 0) is 10.0 Å². The molecule has 5 fully saturated rings. The average Bonchev–Trinajstić information content (AvgIpc) is 2.67. The van der Waals surface area contributed by atoms with Gasteiger partial charge < -0.3 is 10.2 Å². The van der Waals surface area contributed by atoms with Gasteiger partial charge in [0.15, 0.2) is 0 Å². The van der Waals surface area contributed by atoms with Crippen molar-refractivity contribution in [2.24, 2.45) is 17.8 Å². The Bertz CT molecular complexity index is 867. The highest BCUT2D eigenvalue weighted by Gasteiger charge is 2.52. The number of halogens is 1. The highest BCUT2D eigenvalue weighted by atomic mass is 35.5. The molecular formula is C21H28ClN3O3S. The Kier molecular flexibility index (Phi) is 4.83. The van der Waals surface area contributed by atoms with Gasteiger partial charge in [-0.15, -0.1) is 0 Å². The molecule has 1 saturated heterocycles. The Balaban J connectivity index is 1.28. The molecule has 29 heavy (non-hydrogen) atoms.